The van der Waals surface area contributed by atoms with Crippen molar-refractivity contribution in [3.63, 3.8) is 0 Å². The van der Waals surface area contributed by atoms with Crippen molar-refractivity contribution in [2.45, 2.75) is 5.72 Å². The van der Waals surface area contributed by atoms with E-state index in [0.717, 1.165) is 11.1 Å². The number of hydrogen-bond donors (Lipinski definition) is 1. The molecular formula is C26H19NO2. The molecular weight excluding hydrogens is 358 g/mol. The van der Waals surface area contributed by atoms with Crippen LogP contribution in [0, 0.1) is 0 Å². The summed E-state index contributed by atoms with van der Waals surface area (Å²) in [6.45, 7) is 0. The summed E-state index contributed by atoms with van der Waals surface area (Å²) in [6, 6.07) is 34.3. The van der Waals surface area contributed by atoms with Crippen molar-refractivity contribution in [2.75, 3.05) is 4.90 Å². The molecule has 4 aromatic rings. The third-order valence-corrected chi connectivity index (χ3v) is 5.47. The number of aliphatic hydroxyl groups is 1. The zero-order valence-electron chi connectivity index (χ0n) is 15.7. The van der Waals surface area contributed by atoms with Gasteiger partial charge in [-0.2, -0.15) is 0 Å². The highest BCUT2D eigenvalue weighted by atomic mass is 16.3. The van der Waals surface area contributed by atoms with Crippen molar-refractivity contribution in [1.29, 1.82) is 0 Å². The van der Waals surface area contributed by atoms with Gasteiger partial charge in [0, 0.05) is 22.3 Å². The number of fused-ring (bicyclic) bond motifs is 1. The Morgan fingerprint density at radius 1 is 0.621 bits per heavy atom. The van der Waals surface area contributed by atoms with E-state index in [0.29, 0.717) is 22.4 Å². The second kappa shape index (κ2) is 6.73. The van der Waals surface area contributed by atoms with Crippen molar-refractivity contribution < 1.29 is 9.90 Å². The summed E-state index contributed by atoms with van der Waals surface area (Å²) < 4.78 is 0. The molecule has 4 aromatic carbocycles. The Kier molecular flexibility index (Phi) is 4.04. The molecule has 0 fully saturated rings. The summed E-state index contributed by atoms with van der Waals surface area (Å²) in [5, 5.41) is 12.1. The first-order valence-corrected chi connectivity index (χ1v) is 9.57. The number of nitrogens with zero attached hydrogens (tertiary/aromatic N) is 1. The van der Waals surface area contributed by atoms with Gasteiger partial charge in [-0.05, 0) is 17.7 Å². The van der Waals surface area contributed by atoms with Crippen molar-refractivity contribution >= 4 is 11.6 Å². The molecule has 1 atom stereocenters. The van der Waals surface area contributed by atoms with Crippen LogP contribution in [0.4, 0.5) is 5.69 Å². The normalized spacial score (nSPS) is 18.0. The average Bonchev–Trinajstić information content (AvgIpc) is 3.03. The van der Waals surface area contributed by atoms with E-state index in [1.165, 1.54) is 4.90 Å². The smallest absolute Gasteiger partial charge is 0.261 e. The van der Waals surface area contributed by atoms with Gasteiger partial charge in [0.25, 0.3) is 5.91 Å². The molecule has 3 heteroatoms. The molecule has 0 saturated carbocycles. The first-order chi connectivity index (χ1) is 14.2. The van der Waals surface area contributed by atoms with E-state index in [-0.39, 0.29) is 5.91 Å². The van der Waals surface area contributed by atoms with Crippen LogP contribution in [-0.2, 0) is 5.72 Å². The number of para-hydroxylation sites is 1. The Balaban J connectivity index is 1.79. The molecule has 1 aliphatic heterocycles. The molecule has 0 unspecified atom stereocenters. The van der Waals surface area contributed by atoms with Gasteiger partial charge in [-0.3, -0.25) is 9.69 Å². The van der Waals surface area contributed by atoms with Crippen LogP contribution in [0.15, 0.2) is 109 Å². The van der Waals surface area contributed by atoms with Crippen LogP contribution in [0.2, 0.25) is 0 Å². The van der Waals surface area contributed by atoms with Gasteiger partial charge in [0.2, 0.25) is 0 Å². The van der Waals surface area contributed by atoms with Gasteiger partial charge in [0.15, 0.2) is 5.72 Å². The van der Waals surface area contributed by atoms with E-state index in [9.17, 15) is 9.90 Å². The number of hydrogen-bond acceptors (Lipinski definition) is 2. The topological polar surface area (TPSA) is 40.5 Å². The number of carbonyl (C=O) groups is 1. The molecule has 1 N–H and O–H groups in total. The van der Waals surface area contributed by atoms with Gasteiger partial charge in [0.1, 0.15) is 0 Å². The largest absolute Gasteiger partial charge is 0.363 e. The maximum Gasteiger partial charge on any atom is 0.261 e. The first-order valence-electron chi connectivity index (χ1n) is 9.57. The van der Waals surface area contributed by atoms with Crippen molar-refractivity contribution in [3.8, 4) is 11.1 Å². The predicted octanol–water partition coefficient (Wildman–Crippen LogP) is 5.21. The Morgan fingerprint density at radius 2 is 1.17 bits per heavy atom. The fourth-order valence-corrected chi connectivity index (χ4v) is 4.13. The summed E-state index contributed by atoms with van der Waals surface area (Å²) in [4.78, 5) is 15.1. The fraction of sp³-hybridized carbons (Fsp3) is 0.0385. The maximum absolute atomic E-state index is 13.5. The van der Waals surface area contributed by atoms with Crippen LogP contribution < -0.4 is 4.90 Å². The Labute approximate surface area is 169 Å². The summed E-state index contributed by atoms with van der Waals surface area (Å²) in [5.41, 5.74) is 2.74. The summed E-state index contributed by atoms with van der Waals surface area (Å²) in [6.07, 6.45) is 0. The van der Waals surface area contributed by atoms with Crippen LogP contribution >= 0.6 is 0 Å². The molecule has 0 aromatic heterocycles. The van der Waals surface area contributed by atoms with Crippen molar-refractivity contribution in [3.05, 3.63) is 126 Å². The average molecular weight is 377 g/mol. The summed E-state index contributed by atoms with van der Waals surface area (Å²) in [7, 11) is 0. The van der Waals surface area contributed by atoms with Crippen molar-refractivity contribution in [2.24, 2.45) is 0 Å². The molecule has 5 rings (SSSR count). The molecule has 29 heavy (non-hydrogen) atoms. The predicted molar refractivity (Wildman–Crippen MR) is 115 cm³/mol. The van der Waals surface area contributed by atoms with Crippen LogP contribution in [0.25, 0.3) is 11.1 Å². The van der Waals surface area contributed by atoms with Crippen LogP contribution in [-0.4, -0.2) is 11.0 Å². The lowest BCUT2D eigenvalue weighted by molar-refractivity contribution is 0.0704. The highest BCUT2D eigenvalue weighted by molar-refractivity contribution is 6.14. The van der Waals surface area contributed by atoms with Gasteiger partial charge in [-0.1, -0.05) is 97.1 Å². The molecule has 0 saturated heterocycles. The Bertz CT molecular complexity index is 1190. The highest BCUT2D eigenvalue weighted by Crippen LogP contribution is 2.47. The van der Waals surface area contributed by atoms with E-state index >= 15 is 0 Å². The number of anilines is 1. The lowest BCUT2D eigenvalue weighted by Crippen LogP contribution is -2.45. The fourth-order valence-electron chi connectivity index (χ4n) is 4.13. The number of amides is 1. The molecule has 1 heterocycles. The number of carbonyl (C=O) groups excluding carboxylic acids is 1. The zero-order chi connectivity index (χ0) is 19.8. The minimum absolute atomic E-state index is 0.213. The number of rotatable bonds is 3. The number of benzene rings is 4. The molecule has 0 spiro atoms. The van der Waals surface area contributed by atoms with E-state index in [4.69, 9.17) is 0 Å². The lowest BCUT2D eigenvalue weighted by atomic mass is 9.93. The Morgan fingerprint density at radius 3 is 1.90 bits per heavy atom. The van der Waals surface area contributed by atoms with E-state index in [2.05, 4.69) is 0 Å². The summed E-state index contributed by atoms with van der Waals surface area (Å²) in [5.74, 6) is -0.213. The highest BCUT2D eigenvalue weighted by Gasteiger charge is 2.51. The van der Waals surface area contributed by atoms with Crippen LogP contribution in [0.1, 0.15) is 21.5 Å². The van der Waals surface area contributed by atoms with Crippen LogP contribution in [0.5, 0.6) is 0 Å². The monoisotopic (exact) mass is 377 g/mol. The zero-order valence-corrected chi connectivity index (χ0v) is 15.7. The molecule has 0 aliphatic carbocycles. The van der Waals surface area contributed by atoms with E-state index < -0.39 is 5.72 Å². The molecule has 1 amide bonds. The molecule has 140 valence electrons. The van der Waals surface area contributed by atoms with Gasteiger partial charge in [-0.15, -0.1) is 0 Å². The van der Waals surface area contributed by atoms with Gasteiger partial charge >= 0.3 is 0 Å². The second-order valence-corrected chi connectivity index (χ2v) is 7.11. The lowest BCUT2D eigenvalue weighted by Gasteiger charge is -2.36. The molecule has 3 nitrogen and oxygen atoms in total. The quantitative estimate of drug-likeness (QED) is 0.533. The maximum atomic E-state index is 13.5. The first kappa shape index (κ1) is 17.4. The van der Waals surface area contributed by atoms with Gasteiger partial charge in [0.05, 0.1) is 5.69 Å². The third-order valence-electron chi connectivity index (χ3n) is 5.47. The minimum Gasteiger partial charge on any atom is -0.363 e. The summed E-state index contributed by atoms with van der Waals surface area (Å²) >= 11 is 0. The SMILES string of the molecule is O=C1c2ccccc2[C@](O)(c2ccccc2)N1c1ccccc1-c1ccccc1. The second-order valence-electron chi connectivity index (χ2n) is 7.11. The van der Waals surface area contributed by atoms with Crippen molar-refractivity contribution in [1.82, 2.24) is 0 Å². The van der Waals surface area contributed by atoms with Crippen LogP contribution in [0.3, 0.4) is 0 Å². The van der Waals surface area contributed by atoms with Gasteiger partial charge < -0.3 is 5.11 Å². The van der Waals surface area contributed by atoms with E-state index in [1.807, 2.05) is 103 Å². The van der Waals surface area contributed by atoms with Gasteiger partial charge in [-0.25, -0.2) is 0 Å². The standard InChI is InChI=1S/C26H19NO2/c28-25-22-16-7-9-17-23(22)26(29,20-13-5-2-6-14-20)27(25)24-18-10-8-15-21(24)19-11-3-1-4-12-19/h1-18,29H/t26-/m1/s1. The third kappa shape index (κ3) is 2.59. The molecule has 0 radical (unpaired) electrons. The molecule has 0 bridgehead atoms. The molecule has 1 aliphatic rings. The van der Waals surface area contributed by atoms with E-state index in [1.54, 1.807) is 6.07 Å². The Hall–Kier alpha value is -3.69. The minimum atomic E-state index is -1.58.